The van der Waals surface area contributed by atoms with Crippen LogP contribution in [-0.4, -0.2) is 53.1 Å². The summed E-state index contributed by atoms with van der Waals surface area (Å²) in [4.78, 5) is 0. The smallest absolute Gasteiger partial charge is 0.160 e. The molecule has 0 bridgehead atoms. The molecule has 3 N–H and O–H groups in total. The zero-order chi connectivity index (χ0) is 14.1. The fraction of sp³-hybridized carbons (Fsp3) is 1.00. The fourth-order valence-corrected chi connectivity index (χ4v) is 2.27. The summed E-state index contributed by atoms with van der Waals surface area (Å²) < 4.78 is 10.9. The van der Waals surface area contributed by atoms with Gasteiger partial charge >= 0.3 is 0 Å². The van der Waals surface area contributed by atoms with Gasteiger partial charge in [-0.25, -0.2) is 0 Å². The Kier molecular flexibility index (Phi) is 8.57. The molecular formula is C14H28O5. The minimum Gasteiger partial charge on any atom is -0.394 e. The van der Waals surface area contributed by atoms with Crippen molar-refractivity contribution in [2.75, 3.05) is 13.2 Å². The van der Waals surface area contributed by atoms with E-state index in [1.54, 1.807) is 0 Å². The van der Waals surface area contributed by atoms with Crippen LogP contribution in [0.1, 0.15) is 51.9 Å². The molecule has 5 nitrogen and oxygen atoms in total. The minimum absolute atomic E-state index is 0.257. The fourth-order valence-electron chi connectivity index (χ4n) is 2.27. The Labute approximate surface area is 115 Å². The SMILES string of the molecule is CCCCCCCCO[C@H]1C[C@@H](O)[C@H](O)[C@@H](CO)O1. The van der Waals surface area contributed by atoms with Crippen LogP contribution < -0.4 is 0 Å². The van der Waals surface area contributed by atoms with Crippen molar-refractivity contribution in [2.45, 2.75) is 76.5 Å². The molecule has 1 saturated heterocycles. The third-order valence-corrected chi connectivity index (χ3v) is 3.52. The summed E-state index contributed by atoms with van der Waals surface area (Å²) in [6.07, 6.45) is 4.21. The third kappa shape index (κ3) is 6.19. The van der Waals surface area contributed by atoms with E-state index in [-0.39, 0.29) is 13.0 Å². The Morgan fingerprint density at radius 1 is 1.11 bits per heavy atom. The van der Waals surface area contributed by atoms with E-state index >= 15 is 0 Å². The number of rotatable bonds is 9. The largest absolute Gasteiger partial charge is 0.394 e. The van der Waals surface area contributed by atoms with Crippen molar-refractivity contribution in [1.82, 2.24) is 0 Å². The maximum Gasteiger partial charge on any atom is 0.160 e. The van der Waals surface area contributed by atoms with Gasteiger partial charge in [0.2, 0.25) is 0 Å². The van der Waals surface area contributed by atoms with Crippen LogP contribution in [0, 0.1) is 0 Å². The van der Waals surface area contributed by atoms with E-state index in [2.05, 4.69) is 6.92 Å². The monoisotopic (exact) mass is 276 g/mol. The molecule has 0 spiro atoms. The highest BCUT2D eigenvalue weighted by atomic mass is 16.7. The Balaban J connectivity index is 2.09. The standard InChI is InChI=1S/C14H28O5/c1-2-3-4-5-6-7-8-18-13-9-11(16)14(17)12(10-15)19-13/h11-17H,2-10H2,1H3/t11-,12-,13-,14+/m1/s1. The molecule has 0 unspecified atom stereocenters. The molecule has 1 fully saturated rings. The summed E-state index contributed by atoms with van der Waals surface area (Å²) in [6.45, 7) is 2.48. The third-order valence-electron chi connectivity index (χ3n) is 3.52. The Bertz CT molecular complexity index is 224. The van der Waals surface area contributed by atoms with Crippen LogP contribution in [-0.2, 0) is 9.47 Å². The molecule has 0 aromatic carbocycles. The van der Waals surface area contributed by atoms with Gasteiger partial charge < -0.3 is 24.8 Å². The van der Waals surface area contributed by atoms with Gasteiger partial charge in [0.05, 0.1) is 12.7 Å². The van der Waals surface area contributed by atoms with Gasteiger partial charge in [-0.15, -0.1) is 0 Å². The highest BCUT2D eigenvalue weighted by Gasteiger charge is 2.36. The van der Waals surface area contributed by atoms with E-state index < -0.39 is 24.6 Å². The second-order valence-electron chi connectivity index (χ2n) is 5.22. The Morgan fingerprint density at radius 3 is 2.47 bits per heavy atom. The van der Waals surface area contributed by atoms with E-state index in [0.717, 1.165) is 12.8 Å². The first kappa shape index (κ1) is 16.9. The molecule has 1 heterocycles. The average Bonchev–Trinajstić information content (AvgIpc) is 2.41. The summed E-state index contributed by atoms with van der Waals surface area (Å²) in [5.41, 5.74) is 0. The Hall–Kier alpha value is -0.200. The van der Waals surface area contributed by atoms with Gasteiger partial charge in [0, 0.05) is 13.0 Å². The molecule has 1 aliphatic rings. The zero-order valence-electron chi connectivity index (χ0n) is 11.8. The highest BCUT2D eigenvalue weighted by Crippen LogP contribution is 2.21. The average molecular weight is 276 g/mol. The second-order valence-corrected chi connectivity index (χ2v) is 5.22. The van der Waals surface area contributed by atoms with Crippen molar-refractivity contribution in [1.29, 1.82) is 0 Å². The predicted octanol–water partition coefficient (Wildman–Crippen LogP) is 1.19. The summed E-state index contributed by atoms with van der Waals surface area (Å²) in [7, 11) is 0. The summed E-state index contributed by atoms with van der Waals surface area (Å²) in [6, 6.07) is 0. The molecule has 1 rings (SSSR count). The van der Waals surface area contributed by atoms with E-state index in [1.807, 2.05) is 0 Å². The summed E-state index contributed by atoms with van der Waals surface area (Å²) in [5.74, 6) is 0. The summed E-state index contributed by atoms with van der Waals surface area (Å²) >= 11 is 0. The van der Waals surface area contributed by atoms with Gasteiger partial charge in [0.1, 0.15) is 12.2 Å². The van der Waals surface area contributed by atoms with Crippen LogP contribution in [0.3, 0.4) is 0 Å². The van der Waals surface area contributed by atoms with Crippen LogP contribution in [0.2, 0.25) is 0 Å². The predicted molar refractivity (Wildman–Crippen MR) is 71.7 cm³/mol. The Morgan fingerprint density at radius 2 is 1.79 bits per heavy atom. The van der Waals surface area contributed by atoms with Gasteiger partial charge in [-0.05, 0) is 6.42 Å². The lowest BCUT2D eigenvalue weighted by atomic mass is 10.0. The molecule has 0 aromatic rings. The lowest BCUT2D eigenvalue weighted by Crippen LogP contribution is -2.50. The first-order valence-electron chi connectivity index (χ1n) is 7.43. The molecular weight excluding hydrogens is 248 g/mol. The van der Waals surface area contributed by atoms with Crippen LogP contribution in [0.15, 0.2) is 0 Å². The van der Waals surface area contributed by atoms with Crippen molar-refractivity contribution in [3.8, 4) is 0 Å². The van der Waals surface area contributed by atoms with Crippen LogP contribution in [0.25, 0.3) is 0 Å². The molecule has 0 amide bonds. The van der Waals surface area contributed by atoms with Crippen molar-refractivity contribution in [3.63, 3.8) is 0 Å². The van der Waals surface area contributed by atoms with Gasteiger partial charge in [-0.3, -0.25) is 0 Å². The van der Waals surface area contributed by atoms with Crippen molar-refractivity contribution >= 4 is 0 Å². The van der Waals surface area contributed by atoms with Gasteiger partial charge in [0.25, 0.3) is 0 Å². The molecule has 0 aromatic heterocycles. The second kappa shape index (κ2) is 9.66. The lowest BCUT2D eigenvalue weighted by molar-refractivity contribution is -0.256. The maximum absolute atomic E-state index is 9.63. The van der Waals surface area contributed by atoms with Crippen LogP contribution in [0.5, 0.6) is 0 Å². The number of hydrogen-bond donors (Lipinski definition) is 3. The molecule has 0 saturated carbocycles. The topological polar surface area (TPSA) is 79.2 Å². The molecule has 0 aliphatic carbocycles. The van der Waals surface area contributed by atoms with Gasteiger partial charge in [0.15, 0.2) is 6.29 Å². The van der Waals surface area contributed by atoms with Crippen LogP contribution in [0.4, 0.5) is 0 Å². The van der Waals surface area contributed by atoms with E-state index in [1.165, 1.54) is 25.7 Å². The lowest BCUT2D eigenvalue weighted by Gasteiger charge is -2.36. The minimum atomic E-state index is -1.03. The first-order valence-corrected chi connectivity index (χ1v) is 7.43. The van der Waals surface area contributed by atoms with E-state index in [0.29, 0.717) is 6.61 Å². The molecule has 5 heteroatoms. The van der Waals surface area contributed by atoms with Gasteiger partial charge in [-0.1, -0.05) is 39.0 Å². The zero-order valence-corrected chi connectivity index (χ0v) is 11.8. The maximum atomic E-state index is 9.63. The number of unbranched alkanes of at least 4 members (excludes halogenated alkanes) is 5. The number of ether oxygens (including phenoxy) is 2. The van der Waals surface area contributed by atoms with Crippen molar-refractivity contribution in [3.05, 3.63) is 0 Å². The number of aliphatic hydroxyl groups is 3. The highest BCUT2D eigenvalue weighted by molar-refractivity contribution is 4.82. The van der Waals surface area contributed by atoms with Gasteiger partial charge in [-0.2, -0.15) is 0 Å². The molecule has 19 heavy (non-hydrogen) atoms. The normalized spacial score (nSPS) is 31.6. The summed E-state index contributed by atoms with van der Waals surface area (Å²) in [5, 5.41) is 28.2. The van der Waals surface area contributed by atoms with Crippen molar-refractivity contribution in [2.24, 2.45) is 0 Å². The molecule has 4 atom stereocenters. The molecule has 1 aliphatic heterocycles. The number of aliphatic hydroxyl groups excluding tert-OH is 3. The number of hydrogen-bond acceptors (Lipinski definition) is 5. The molecule has 0 radical (unpaired) electrons. The van der Waals surface area contributed by atoms with Crippen molar-refractivity contribution < 1.29 is 24.8 Å². The first-order chi connectivity index (χ1) is 9.19. The molecule has 114 valence electrons. The van der Waals surface area contributed by atoms with Crippen LogP contribution >= 0.6 is 0 Å². The quantitative estimate of drug-likeness (QED) is 0.551. The van der Waals surface area contributed by atoms with E-state index in [4.69, 9.17) is 14.6 Å². The van der Waals surface area contributed by atoms with E-state index in [9.17, 15) is 10.2 Å².